The largest absolute Gasteiger partial charge is 0.377 e. The highest BCUT2D eigenvalue weighted by Crippen LogP contribution is 2.22. The van der Waals surface area contributed by atoms with Crippen LogP contribution in [0.1, 0.15) is 11.3 Å². The second-order valence-corrected chi connectivity index (χ2v) is 3.06. The van der Waals surface area contributed by atoms with Gasteiger partial charge in [0.1, 0.15) is 5.69 Å². The lowest BCUT2D eigenvalue weighted by atomic mass is 10.2. The number of hydrogen-bond acceptors (Lipinski definition) is 2. The number of fused-ring (bicyclic) bond motifs is 1. The van der Waals surface area contributed by atoms with E-state index in [1.165, 1.54) is 23.4 Å². The maximum Gasteiger partial charge on any atom is 0.100 e. The van der Waals surface area contributed by atoms with E-state index in [1.807, 2.05) is 0 Å². The number of anilines is 1. The van der Waals surface area contributed by atoms with Crippen LogP contribution in [-0.4, -0.2) is 6.54 Å². The van der Waals surface area contributed by atoms with Gasteiger partial charge in [0.15, 0.2) is 0 Å². The highest BCUT2D eigenvalue weighted by atomic mass is 32.1. The molecule has 0 unspecified atom stereocenters. The van der Waals surface area contributed by atoms with Crippen molar-refractivity contribution >= 4 is 17.0 Å². The molecule has 0 atom stereocenters. The molecule has 0 amide bonds. The molecule has 1 aromatic heterocycles. The van der Waals surface area contributed by atoms with Gasteiger partial charge in [-0.3, -0.25) is 0 Å². The lowest BCUT2D eigenvalue weighted by Crippen LogP contribution is -2.08. The van der Waals surface area contributed by atoms with E-state index in [0.717, 1.165) is 6.54 Å². The first-order valence-electron chi connectivity index (χ1n) is 3.12. The molecule has 0 radical (unpaired) electrons. The molecule has 0 saturated heterocycles. The zero-order valence-electron chi connectivity index (χ0n) is 5.03. The van der Waals surface area contributed by atoms with Crippen LogP contribution in [0.3, 0.4) is 0 Å². The fourth-order valence-corrected chi connectivity index (χ4v) is 1.79. The van der Waals surface area contributed by atoms with E-state index in [9.17, 15) is 0 Å². The predicted octanol–water partition coefficient (Wildman–Crippen LogP) is 1.71. The summed E-state index contributed by atoms with van der Waals surface area (Å²) in [6, 6.07) is 3.04. The summed E-state index contributed by atoms with van der Waals surface area (Å²) >= 11 is 1.68. The first-order chi connectivity index (χ1) is 4.47. The summed E-state index contributed by atoms with van der Waals surface area (Å²) in [6.07, 6.45) is 2.47. The number of rotatable bonds is 0. The smallest absolute Gasteiger partial charge is 0.100 e. The van der Waals surface area contributed by atoms with E-state index in [1.54, 1.807) is 11.3 Å². The minimum Gasteiger partial charge on any atom is -0.377 e. The van der Waals surface area contributed by atoms with Crippen LogP contribution < -0.4 is 5.32 Å². The summed E-state index contributed by atoms with van der Waals surface area (Å²) in [6.45, 7) is 1.11. The molecule has 1 nitrogen and oxygen atoms in total. The summed E-state index contributed by atoms with van der Waals surface area (Å²) in [7, 11) is 0. The number of aryl methyl sites for hydroxylation is 1. The number of nitrogens with one attached hydrogen (secondary N) is 1. The summed E-state index contributed by atoms with van der Waals surface area (Å²) in [5.74, 6) is 0. The Morgan fingerprint density at radius 3 is 3.44 bits per heavy atom. The monoisotopic (exact) mass is 137 g/mol. The summed E-state index contributed by atoms with van der Waals surface area (Å²) in [5.41, 5.74) is 1.19. The van der Waals surface area contributed by atoms with Gasteiger partial charge in [0, 0.05) is 11.4 Å². The SMILES string of the molecule is c1sc2c(c#1)NCCC2. The zero-order valence-corrected chi connectivity index (χ0v) is 5.85. The Labute approximate surface area is 58.7 Å². The van der Waals surface area contributed by atoms with Gasteiger partial charge in [-0.15, -0.1) is 0 Å². The molecule has 0 spiro atoms. The summed E-state index contributed by atoms with van der Waals surface area (Å²) < 4.78 is 0. The Morgan fingerprint density at radius 1 is 1.56 bits per heavy atom. The Hall–Kier alpha value is -0.680. The van der Waals surface area contributed by atoms with E-state index in [-0.39, 0.29) is 0 Å². The van der Waals surface area contributed by atoms with E-state index >= 15 is 0 Å². The molecule has 1 N–H and O–H groups in total. The maximum atomic E-state index is 3.27. The molecule has 2 rings (SSSR count). The van der Waals surface area contributed by atoms with Crippen molar-refractivity contribution in [1.82, 2.24) is 0 Å². The molecule has 1 aliphatic rings. The lowest BCUT2D eigenvalue weighted by Gasteiger charge is -2.10. The van der Waals surface area contributed by atoms with Crippen LogP contribution in [0.15, 0.2) is 0 Å². The van der Waals surface area contributed by atoms with Crippen molar-refractivity contribution in [3.8, 4) is 0 Å². The standard InChI is InChI=1S/C7H7NS/c1-2-7-6(8-4-1)3-5-9-7/h8H,1-2,4H2. The van der Waals surface area contributed by atoms with Crippen LogP contribution in [0.25, 0.3) is 0 Å². The molecule has 1 aromatic rings. The average Bonchev–Trinajstić information content (AvgIpc) is 2.33. The first-order valence-corrected chi connectivity index (χ1v) is 3.93. The van der Waals surface area contributed by atoms with Gasteiger partial charge in [0.25, 0.3) is 0 Å². The van der Waals surface area contributed by atoms with E-state index in [2.05, 4.69) is 16.8 Å². The Morgan fingerprint density at radius 2 is 2.56 bits per heavy atom. The highest BCUT2D eigenvalue weighted by molar-refractivity contribution is 7.09. The van der Waals surface area contributed by atoms with Crippen molar-refractivity contribution in [3.05, 3.63) is 16.3 Å². The topological polar surface area (TPSA) is 12.0 Å². The Balaban J connectivity index is 2.39. The minimum atomic E-state index is 1.11. The molecule has 2 heterocycles. The van der Waals surface area contributed by atoms with Crippen molar-refractivity contribution in [2.45, 2.75) is 12.8 Å². The fourth-order valence-electron chi connectivity index (χ4n) is 1.04. The third kappa shape index (κ3) is 0.778. The van der Waals surface area contributed by atoms with Crippen LogP contribution >= 0.6 is 11.3 Å². The number of hydrogen-bond donors (Lipinski definition) is 1. The second-order valence-electron chi connectivity index (χ2n) is 2.16. The second kappa shape index (κ2) is 1.93. The third-order valence-corrected chi connectivity index (χ3v) is 2.37. The van der Waals surface area contributed by atoms with Gasteiger partial charge in [0.2, 0.25) is 0 Å². The summed E-state index contributed by atoms with van der Waals surface area (Å²) in [5, 5.41) is 6.26. The predicted molar refractivity (Wildman–Crippen MR) is 38.8 cm³/mol. The van der Waals surface area contributed by atoms with Gasteiger partial charge in [-0.2, -0.15) is 0 Å². The molecule has 9 heavy (non-hydrogen) atoms. The van der Waals surface area contributed by atoms with Crippen LogP contribution in [0.2, 0.25) is 0 Å². The molecule has 0 fully saturated rings. The van der Waals surface area contributed by atoms with Crippen LogP contribution in [0, 0.1) is 11.4 Å². The third-order valence-electron chi connectivity index (χ3n) is 1.51. The quantitative estimate of drug-likeness (QED) is 0.574. The highest BCUT2D eigenvalue weighted by Gasteiger charge is 2.07. The molecule has 46 valence electrons. The van der Waals surface area contributed by atoms with Crippen LogP contribution in [0.4, 0.5) is 5.69 Å². The van der Waals surface area contributed by atoms with Gasteiger partial charge >= 0.3 is 0 Å². The maximum absolute atomic E-state index is 3.27. The minimum absolute atomic E-state index is 1.11. The van der Waals surface area contributed by atoms with E-state index in [0.29, 0.717) is 0 Å². The molecule has 1 aliphatic heterocycles. The Bertz CT molecular complexity index is 184. The van der Waals surface area contributed by atoms with Crippen molar-refractivity contribution in [1.29, 1.82) is 0 Å². The fraction of sp³-hybridized carbons (Fsp3) is 0.429. The average molecular weight is 137 g/mol. The lowest BCUT2D eigenvalue weighted by molar-refractivity contribution is 0.845. The van der Waals surface area contributed by atoms with E-state index in [4.69, 9.17) is 0 Å². The van der Waals surface area contributed by atoms with Gasteiger partial charge in [-0.25, -0.2) is 0 Å². The van der Waals surface area contributed by atoms with E-state index < -0.39 is 0 Å². The molecule has 0 aliphatic carbocycles. The zero-order chi connectivity index (χ0) is 6.10. The molecule has 2 heteroatoms. The molecule has 0 bridgehead atoms. The van der Waals surface area contributed by atoms with Gasteiger partial charge in [-0.1, -0.05) is 11.3 Å². The molecule has 0 aromatic carbocycles. The molecular formula is C7H7NS. The van der Waals surface area contributed by atoms with Gasteiger partial charge in [-0.05, 0) is 24.3 Å². The van der Waals surface area contributed by atoms with Crippen LogP contribution in [-0.2, 0) is 6.42 Å². The van der Waals surface area contributed by atoms with Gasteiger partial charge in [0.05, 0.1) is 0 Å². The summed E-state index contributed by atoms with van der Waals surface area (Å²) in [4.78, 5) is 1.42. The Kier molecular flexibility index (Phi) is 1.10. The van der Waals surface area contributed by atoms with Crippen molar-refractivity contribution in [2.24, 2.45) is 0 Å². The normalized spacial score (nSPS) is 15.6. The van der Waals surface area contributed by atoms with Crippen molar-refractivity contribution in [2.75, 3.05) is 11.9 Å². The van der Waals surface area contributed by atoms with Gasteiger partial charge < -0.3 is 5.32 Å². The van der Waals surface area contributed by atoms with Crippen molar-refractivity contribution < 1.29 is 0 Å². The molecule has 0 saturated carbocycles. The molecular weight excluding hydrogens is 130 g/mol. The van der Waals surface area contributed by atoms with Crippen LogP contribution in [0.5, 0.6) is 0 Å². The first kappa shape index (κ1) is 5.13. The van der Waals surface area contributed by atoms with Crippen molar-refractivity contribution in [3.63, 3.8) is 0 Å².